The first-order valence-electron chi connectivity index (χ1n) is 7.83. The number of carbonyl (C=O) groups is 3. The number of benzene rings is 1. The van der Waals surface area contributed by atoms with Gasteiger partial charge in [-0.1, -0.05) is 30.3 Å². The lowest BCUT2D eigenvalue weighted by Gasteiger charge is -2.15. The first-order chi connectivity index (χ1) is 13.1. The number of amides is 2. The van der Waals surface area contributed by atoms with Crippen LogP contribution in [-0.2, 0) is 16.0 Å². The first kappa shape index (κ1) is 17.9. The summed E-state index contributed by atoms with van der Waals surface area (Å²) in [5.41, 5.74) is 6.07. The predicted octanol–water partition coefficient (Wildman–Crippen LogP) is -0.0779. The molecule has 0 aliphatic carbocycles. The Bertz CT molecular complexity index is 958. The highest BCUT2D eigenvalue weighted by atomic mass is 16.6. The molecule has 3 N–H and O–H groups in total. The van der Waals surface area contributed by atoms with Crippen LogP contribution in [0.5, 0.6) is 0 Å². The summed E-state index contributed by atoms with van der Waals surface area (Å²) in [6.07, 6.45) is 2.83. The number of nitrogens with two attached hydrogens (primary N) is 1. The summed E-state index contributed by atoms with van der Waals surface area (Å²) < 4.78 is 4.63. The molecule has 2 amide bonds. The molecule has 10 nitrogen and oxygen atoms in total. The van der Waals surface area contributed by atoms with E-state index in [0.29, 0.717) is 5.69 Å². The van der Waals surface area contributed by atoms with Gasteiger partial charge in [-0.3, -0.25) is 14.4 Å². The molecular weight excluding hydrogens is 352 g/mol. The molecule has 0 saturated carbocycles. The lowest BCUT2D eigenvalue weighted by Crippen LogP contribution is -2.47. The van der Waals surface area contributed by atoms with Crippen molar-refractivity contribution in [1.82, 2.24) is 25.6 Å². The van der Waals surface area contributed by atoms with Crippen LogP contribution in [0.1, 0.15) is 16.1 Å². The lowest BCUT2D eigenvalue weighted by atomic mass is 10.0. The van der Waals surface area contributed by atoms with E-state index in [4.69, 9.17) is 5.73 Å². The molecular formula is C17H14N6O4. The smallest absolute Gasteiger partial charge is 0.287 e. The number of hydrogen-bond donors (Lipinski definition) is 2. The summed E-state index contributed by atoms with van der Waals surface area (Å²) in [5, 5.41) is 9.70. The number of nitrogens with zero attached hydrogens (tertiary/aromatic N) is 4. The highest BCUT2D eigenvalue weighted by Crippen LogP contribution is 2.17. The zero-order valence-electron chi connectivity index (χ0n) is 13.9. The minimum Gasteiger partial charge on any atom is -0.363 e. The summed E-state index contributed by atoms with van der Waals surface area (Å²) in [7, 11) is 0. The fourth-order valence-electron chi connectivity index (χ4n) is 2.39. The van der Waals surface area contributed by atoms with E-state index in [1.807, 2.05) is 6.07 Å². The fraction of sp³-hybridized carbons (Fsp3) is 0.118. The molecule has 0 spiro atoms. The number of Topliss-reactive ketones (excluding diaryl/α,β-unsaturated/α-hetero) is 1. The van der Waals surface area contributed by atoms with E-state index in [2.05, 4.69) is 30.2 Å². The van der Waals surface area contributed by atoms with E-state index in [-0.39, 0.29) is 17.8 Å². The van der Waals surface area contributed by atoms with Crippen molar-refractivity contribution in [3.63, 3.8) is 0 Å². The van der Waals surface area contributed by atoms with Gasteiger partial charge in [0.2, 0.25) is 11.5 Å². The van der Waals surface area contributed by atoms with Crippen molar-refractivity contribution in [2.45, 2.75) is 12.5 Å². The van der Waals surface area contributed by atoms with Gasteiger partial charge in [-0.25, -0.2) is 14.6 Å². The minimum absolute atomic E-state index is 0.0832. The number of rotatable bonds is 7. The summed E-state index contributed by atoms with van der Waals surface area (Å²) in [5.74, 6) is -2.82. The van der Waals surface area contributed by atoms with Gasteiger partial charge in [-0.05, 0) is 21.9 Å². The average Bonchev–Trinajstić information content (AvgIpc) is 3.18. The highest BCUT2D eigenvalue weighted by molar-refractivity contribution is 6.38. The summed E-state index contributed by atoms with van der Waals surface area (Å²) >= 11 is 0. The number of carbonyl (C=O) groups excluding carboxylic acids is 3. The highest BCUT2D eigenvalue weighted by Gasteiger charge is 2.29. The van der Waals surface area contributed by atoms with Gasteiger partial charge in [-0.2, -0.15) is 0 Å². The Morgan fingerprint density at radius 2 is 1.89 bits per heavy atom. The third-order valence-corrected chi connectivity index (χ3v) is 3.68. The second-order valence-electron chi connectivity index (χ2n) is 5.50. The average molecular weight is 366 g/mol. The maximum Gasteiger partial charge on any atom is 0.287 e. The number of nitrogens with one attached hydrogen (secondary N) is 1. The first-order valence-corrected chi connectivity index (χ1v) is 7.83. The second kappa shape index (κ2) is 7.95. The van der Waals surface area contributed by atoms with E-state index in [9.17, 15) is 14.4 Å². The van der Waals surface area contributed by atoms with Crippen LogP contribution in [-0.4, -0.2) is 43.9 Å². The molecule has 2 aromatic heterocycles. The van der Waals surface area contributed by atoms with Crippen LogP contribution in [0.15, 0.2) is 53.6 Å². The maximum absolute atomic E-state index is 12.6. The Morgan fingerprint density at radius 3 is 2.56 bits per heavy atom. The van der Waals surface area contributed by atoms with Crippen LogP contribution in [0.3, 0.4) is 0 Å². The van der Waals surface area contributed by atoms with Gasteiger partial charge in [0, 0.05) is 12.6 Å². The van der Waals surface area contributed by atoms with Crippen LogP contribution in [0.25, 0.3) is 11.4 Å². The van der Waals surface area contributed by atoms with Gasteiger partial charge < -0.3 is 11.1 Å². The number of primary amides is 1. The van der Waals surface area contributed by atoms with Crippen molar-refractivity contribution >= 4 is 17.6 Å². The Hall–Kier alpha value is -3.95. The van der Waals surface area contributed by atoms with Crippen LogP contribution in [0.2, 0.25) is 0 Å². The normalized spacial score (nSPS) is 11.6. The number of ketones is 1. The SMILES string of the molecule is NC(=O)C(=O)C(Cc1ccccc1)NC(=O)c1nonc1-c1ccncn1. The zero-order chi connectivity index (χ0) is 19.2. The van der Waals surface area contributed by atoms with Crippen molar-refractivity contribution in [2.24, 2.45) is 5.73 Å². The van der Waals surface area contributed by atoms with E-state index in [0.717, 1.165) is 5.56 Å². The standard InChI is InChI=1S/C17H14N6O4/c18-16(25)15(24)12(8-10-4-2-1-3-5-10)21-17(26)14-13(22-27-23-14)11-6-7-19-9-20-11/h1-7,9,12H,8H2,(H2,18,25)(H,21,26). The molecule has 3 aromatic rings. The molecule has 10 heteroatoms. The van der Waals surface area contributed by atoms with Gasteiger partial charge in [0.1, 0.15) is 12.4 Å². The van der Waals surface area contributed by atoms with Crippen LogP contribution < -0.4 is 11.1 Å². The Morgan fingerprint density at radius 1 is 1.11 bits per heavy atom. The summed E-state index contributed by atoms with van der Waals surface area (Å²) in [6, 6.07) is 9.24. The van der Waals surface area contributed by atoms with Crippen LogP contribution in [0.4, 0.5) is 0 Å². The van der Waals surface area contributed by atoms with E-state index >= 15 is 0 Å². The molecule has 0 aliphatic heterocycles. The molecule has 1 unspecified atom stereocenters. The van der Waals surface area contributed by atoms with Gasteiger partial charge in [0.15, 0.2) is 5.69 Å². The molecule has 0 saturated heterocycles. The minimum atomic E-state index is -1.16. The lowest BCUT2D eigenvalue weighted by molar-refractivity contribution is -0.137. The Kier molecular flexibility index (Phi) is 5.26. The fourth-order valence-corrected chi connectivity index (χ4v) is 2.39. The molecule has 27 heavy (non-hydrogen) atoms. The van der Waals surface area contributed by atoms with Crippen LogP contribution in [0, 0.1) is 0 Å². The topological polar surface area (TPSA) is 154 Å². The monoisotopic (exact) mass is 366 g/mol. The third kappa shape index (κ3) is 4.18. The van der Waals surface area contributed by atoms with Gasteiger partial charge in [0.05, 0.1) is 5.69 Å². The summed E-state index contributed by atoms with van der Waals surface area (Å²) in [6.45, 7) is 0. The summed E-state index contributed by atoms with van der Waals surface area (Å²) in [4.78, 5) is 43.9. The van der Waals surface area contributed by atoms with Crippen molar-refractivity contribution < 1.29 is 19.0 Å². The predicted molar refractivity (Wildman–Crippen MR) is 90.9 cm³/mol. The molecule has 1 aromatic carbocycles. The van der Waals surface area contributed by atoms with E-state index in [1.54, 1.807) is 24.3 Å². The number of aromatic nitrogens is 4. The quantitative estimate of drug-likeness (QED) is 0.550. The zero-order valence-corrected chi connectivity index (χ0v) is 13.9. The van der Waals surface area contributed by atoms with Gasteiger partial charge >= 0.3 is 0 Å². The Balaban J connectivity index is 1.84. The van der Waals surface area contributed by atoms with Crippen molar-refractivity contribution in [3.8, 4) is 11.4 Å². The molecule has 136 valence electrons. The number of hydrogen-bond acceptors (Lipinski definition) is 8. The van der Waals surface area contributed by atoms with Gasteiger partial charge in [0.25, 0.3) is 11.8 Å². The second-order valence-corrected chi connectivity index (χ2v) is 5.50. The molecule has 1 atom stereocenters. The molecule has 0 aliphatic rings. The van der Waals surface area contributed by atoms with Gasteiger partial charge in [-0.15, -0.1) is 0 Å². The van der Waals surface area contributed by atoms with Crippen molar-refractivity contribution in [1.29, 1.82) is 0 Å². The molecule has 0 radical (unpaired) electrons. The largest absolute Gasteiger partial charge is 0.363 e. The molecule has 0 bridgehead atoms. The molecule has 0 fully saturated rings. The molecule has 2 heterocycles. The van der Waals surface area contributed by atoms with Crippen molar-refractivity contribution in [2.75, 3.05) is 0 Å². The third-order valence-electron chi connectivity index (χ3n) is 3.68. The molecule has 3 rings (SSSR count). The maximum atomic E-state index is 12.6. The Labute approximate surface area is 152 Å². The van der Waals surface area contributed by atoms with Crippen LogP contribution >= 0.6 is 0 Å². The van der Waals surface area contributed by atoms with E-state index < -0.39 is 23.6 Å². The van der Waals surface area contributed by atoms with E-state index in [1.165, 1.54) is 18.6 Å². The van der Waals surface area contributed by atoms with Crippen molar-refractivity contribution in [3.05, 3.63) is 60.2 Å².